The molecule has 0 saturated carbocycles. The van der Waals surface area contributed by atoms with E-state index in [2.05, 4.69) is 25.7 Å². The second-order valence-electron chi connectivity index (χ2n) is 8.06. The molecule has 3 N–H and O–H groups in total. The van der Waals surface area contributed by atoms with Crippen LogP contribution in [0.25, 0.3) is 17.0 Å². The van der Waals surface area contributed by atoms with E-state index in [1.54, 1.807) is 0 Å². The van der Waals surface area contributed by atoms with Crippen LogP contribution in [0.1, 0.15) is 31.0 Å². The van der Waals surface area contributed by atoms with Crippen LogP contribution < -0.4 is 15.4 Å². The molecule has 3 aromatic rings. The molecule has 0 bridgehead atoms. The van der Waals surface area contributed by atoms with Gasteiger partial charge in [-0.1, -0.05) is 0 Å². The zero-order chi connectivity index (χ0) is 24.7. The number of aliphatic hydroxyl groups is 1. The first-order valence-electron chi connectivity index (χ1n) is 10.4. The average molecular weight is 479 g/mol. The molecule has 0 aliphatic carbocycles. The number of imidazole rings is 1. The van der Waals surface area contributed by atoms with Crippen molar-refractivity contribution in [3.63, 3.8) is 0 Å². The highest BCUT2D eigenvalue weighted by atomic mass is 19.4. The lowest BCUT2D eigenvalue weighted by Crippen LogP contribution is -2.40. The topological polar surface area (TPSA) is 120 Å². The summed E-state index contributed by atoms with van der Waals surface area (Å²) in [6.45, 7) is 2.04. The molecule has 0 spiro atoms. The van der Waals surface area contributed by atoms with Crippen molar-refractivity contribution in [2.75, 3.05) is 25.5 Å². The Labute approximate surface area is 191 Å². The molecule has 0 aromatic carbocycles. The quantitative estimate of drug-likeness (QED) is 0.478. The minimum Gasteiger partial charge on any atom is -0.495 e. The van der Waals surface area contributed by atoms with Gasteiger partial charge < -0.3 is 20.5 Å². The van der Waals surface area contributed by atoms with E-state index in [1.807, 2.05) is 6.07 Å². The van der Waals surface area contributed by atoms with Crippen molar-refractivity contribution in [1.82, 2.24) is 24.9 Å². The molecule has 4 rings (SSSR count). The second-order valence-corrected chi connectivity index (χ2v) is 8.06. The van der Waals surface area contributed by atoms with Gasteiger partial charge in [0.05, 0.1) is 18.9 Å². The Morgan fingerprint density at radius 2 is 2.12 bits per heavy atom. The fraction of sp³-hybridized carbons (Fsp3) is 0.429. The Balaban J connectivity index is 1.86. The van der Waals surface area contributed by atoms with Gasteiger partial charge in [-0.3, -0.25) is 0 Å². The van der Waals surface area contributed by atoms with Crippen LogP contribution in [0.4, 0.5) is 23.4 Å². The van der Waals surface area contributed by atoms with E-state index in [1.165, 1.54) is 6.20 Å². The summed E-state index contributed by atoms with van der Waals surface area (Å²) < 4.78 is 61.5. The van der Waals surface area contributed by atoms with Gasteiger partial charge in [0, 0.05) is 18.7 Å². The number of nitrogens with zero attached hydrogens (tertiary/aromatic N) is 5. The molecule has 1 fully saturated rings. The van der Waals surface area contributed by atoms with E-state index in [-0.39, 0.29) is 40.2 Å². The highest BCUT2D eigenvalue weighted by molar-refractivity contribution is 5.66. The molecular formula is C21H21F4N7O2. The number of nitrogens with one attached hydrogen (secondary N) is 2. The third kappa shape index (κ3) is 4.10. The minimum atomic E-state index is -5.06. The normalized spacial score (nSPS) is 18.4. The molecular weight excluding hydrogens is 458 g/mol. The van der Waals surface area contributed by atoms with Gasteiger partial charge in [-0.15, -0.1) is 0 Å². The van der Waals surface area contributed by atoms with Crippen LogP contribution in [0.2, 0.25) is 0 Å². The number of halogens is 4. The molecule has 4 heterocycles. The van der Waals surface area contributed by atoms with Crippen LogP contribution >= 0.6 is 0 Å². The molecule has 0 unspecified atom stereocenters. The predicted octanol–water partition coefficient (Wildman–Crippen LogP) is 2.74. The first-order valence-corrected chi connectivity index (χ1v) is 10.4. The number of pyridine rings is 1. The van der Waals surface area contributed by atoms with Crippen LogP contribution in [0, 0.1) is 17.1 Å². The Kier molecular flexibility index (Phi) is 6.05. The second kappa shape index (κ2) is 8.69. The number of aromatic nitrogens is 4. The van der Waals surface area contributed by atoms with Gasteiger partial charge in [-0.25, -0.2) is 18.9 Å². The SMILES string of the molecule is COc1cc2ncc(-c3nc(N[C@@H]4CCCNC4)c(C#N)cc3F)n2nc1[C@](C)(O)C(F)(F)F. The maximum absolute atomic E-state index is 15.0. The highest BCUT2D eigenvalue weighted by Gasteiger charge is 2.54. The van der Waals surface area contributed by atoms with E-state index in [4.69, 9.17) is 4.74 Å². The zero-order valence-corrected chi connectivity index (χ0v) is 18.2. The molecule has 1 aliphatic heterocycles. The smallest absolute Gasteiger partial charge is 0.422 e. The zero-order valence-electron chi connectivity index (χ0n) is 18.2. The summed E-state index contributed by atoms with van der Waals surface area (Å²) in [7, 11) is 1.13. The third-order valence-electron chi connectivity index (χ3n) is 5.67. The summed E-state index contributed by atoms with van der Waals surface area (Å²) in [5, 5.41) is 29.9. The molecule has 3 aromatic heterocycles. The van der Waals surface area contributed by atoms with Gasteiger partial charge in [-0.05, 0) is 32.4 Å². The maximum Gasteiger partial charge on any atom is 0.422 e. The van der Waals surface area contributed by atoms with Gasteiger partial charge in [0.15, 0.2) is 11.5 Å². The first-order chi connectivity index (χ1) is 16.1. The molecule has 0 radical (unpaired) electrons. The van der Waals surface area contributed by atoms with Gasteiger partial charge in [-0.2, -0.15) is 23.5 Å². The number of fused-ring (bicyclic) bond motifs is 1. The van der Waals surface area contributed by atoms with E-state index < -0.39 is 23.3 Å². The first kappa shape index (κ1) is 23.7. The summed E-state index contributed by atoms with van der Waals surface area (Å²) >= 11 is 0. The van der Waals surface area contributed by atoms with E-state index in [0.717, 1.165) is 43.1 Å². The molecule has 1 aliphatic rings. The van der Waals surface area contributed by atoms with Crippen LogP contribution in [0.15, 0.2) is 18.3 Å². The lowest BCUT2D eigenvalue weighted by atomic mass is 10.0. The number of hydrogen-bond acceptors (Lipinski definition) is 8. The van der Waals surface area contributed by atoms with Crippen LogP contribution in [0.5, 0.6) is 5.75 Å². The van der Waals surface area contributed by atoms with Crippen molar-refractivity contribution in [3.05, 3.63) is 35.4 Å². The fourth-order valence-corrected chi connectivity index (χ4v) is 3.72. The number of hydrogen-bond donors (Lipinski definition) is 3. The van der Waals surface area contributed by atoms with Crippen molar-refractivity contribution < 1.29 is 27.4 Å². The number of methoxy groups -OCH3 is 1. The summed E-state index contributed by atoms with van der Waals surface area (Å²) in [5.41, 5.74) is -4.49. The number of ether oxygens (including phenoxy) is 1. The van der Waals surface area contributed by atoms with Crippen molar-refractivity contribution >= 4 is 11.5 Å². The maximum atomic E-state index is 15.0. The molecule has 13 heteroatoms. The molecule has 34 heavy (non-hydrogen) atoms. The Hall–Kier alpha value is -3.50. The van der Waals surface area contributed by atoms with Crippen molar-refractivity contribution in [1.29, 1.82) is 5.26 Å². The number of anilines is 1. The van der Waals surface area contributed by atoms with Crippen LogP contribution in [-0.2, 0) is 5.60 Å². The molecule has 180 valence electrons. The van der Waals surface area contributed by atoms with Crippen LogP contribution in [0.3, 0.4) is 0 Å². The summed E-state index contributed by atoms with van der Waals surface area (Å²) in [6.07, 6.45) is -2.14. The van der Waals surface area contributed by atoms with E-state index >= 15 is 0 Å². The molecule has 0 amide bonds. The summed E-state index contributed by atoms with van der Waals surface area (Å²) in [5.74, 6) is -1.08. The van der Waals surface area contributed by atoms with Gasteiger partial charge in [0.25, 0.3) is 0 Å². The fourth-order valence-electron chi connectivity index (χ4n) is 3.72. The van der Waals surface area contributed by atoms with E-state index in [9.17, 15) is 27.9 Å². The van der Waals surface area contributed by atoms with Crippen molar-refractivity contribution in [2.24, 2.45) is 0 Å². The average Bonchev–Trinajstić information content (AvgIpc) is 3.21. The highest BCUT2D eigenvalue weighted by Crippen LogP contribution is 2.41. The monoisotopic (exact) mass is 479 g/mol. The molecule has 1 saturated heterocycles. The van der Waals surface area contributed by atoms with Gasteiger partial charge >= 0.3 is 6.18 Å². The summed E-state index contributed by atoms with van der Waals surface area (Å²) in [6, 6.07) is 4.01. The predicted molar refractivity (Wildman–Crippen MR) is 113 cm³/mol. The largest absolute Gasteiger partial charge is 0.495 e. The standard InChI is InChI=1S/C21H21F4N7O2/c1-20(33,21(23,24)25)18-15(34-2)7-16-28-10-14(32(16)31-18)17-13(22)6-11(8-26)19(30-17)29-12-4-3-5-27-9-12/h6-7,10,12,27,33H,3-5,9H2,1-2H3,(H,29,30)/t12-,20+/m1/s1. The van der Waals surface area contributed by atoms with Gasteiger partial charge in [0.1, 0.15) is 34.7 Å². The lowest BCUT2D eigenvalue weighted by molar-refractivity contribution is -0.261. The molecule has 2 atom stereocenters. The van der Waals surface area contributed by atoms with Crippen molar-refractivity contribution in [2.45, 2.75) is 37.6 Å². The lowest BCUT2D eigenvalue weighted by Gasteiger charge is -2.27. The number of nitriles is 1. The molecule has 9 nitrogen and oxygen atoms in total. The van der Waals surface area contributed by atoms with E-state index in [0.29, 0.717) is 13.5 Å². The number of piperidine rings is 1. The van der Waals surface area contributed by atoms with Gasteiger partial charge in [0.2, 0.25) is 5.60 Å². The van der Waals surface area contributed by atoms with Crippen LogP contribution in [-0.4, -0.2) is 57.1 Å². The number of alkyl halides is 3. The summed E-state index contributed by atoms with van der Waals surface area (Å²) in [4.78, 5) is 8.33. The third-order valence-corrected chi connectivity index (χ3v) is 5.67. The number of rotatable bonds is 5. The minimum absolute atomic E-state index is 0.0176. The Bertz CT molecular complexity index is 1260. The Morgan fingerprint density at radius 3 is 2.74 bits per heavy atom. The van der Waals surface area contributed by atoms with Crippen molar-refractivity contribution in [3.8, 4) is 23.2 Å². The Morgan fingerprint density at radius 1 is 1.35 bits per heavy atom.